The highest BCUT2D eigenvalue weighted by molar-refractivity contribution is 7.12. The second-order valence-corrected chi connectivity index (χ2v) is 6.17. The summed E-state index contributed by atoms with van der Waals surface area (Å²) in [6, 6.07) is 9.92. The van der Waals surface area contributed by atoms with E-state index in [-0.39, 0.29) is 12.5 Å². The van der Waals surface area contributed by atoms with Gasteiger partial charge in [0.15, 0.2) is 6.10 Å². The highest BCUT2D eigenvalue weighted by Crippen LogP contribution is 2.14. The number of halogens is 1. The first kappa shape index (κ1) is 18.0. The quantitative estimate of drug-likeness (QED) is 0.770. The van der Waals surface area contributed by atoms with Crippen molar-refractivity contribution in [3.8, 4) is 0 Å². The van der Waals surface area contributed by atoms with Crippen molar-refractivity contribution in [1.29, 1.82) is 0 Å². The Kier molecular flexibility index (Phi) is 6.34. The molecule has 0 aliphatic carbocycles. The third-order valence-electron chi connectivity index (χ3n) is 2.93. The van der Waals surface area contributed by atoms with Gasteiger partial charge < -0.3 is 15.4 Å². The lowest BCUT2D eigenvalue weighted by molar-refractivity contribution is -0.152. The van der Waals surface area contributed by atoms with E-state index in [1.807, 2.05) is 0 Å². The molecule has 0 saturated heterocycles. The van der Waals surface area contributed by atoms with Crippen LogP contribution in [0, 0.1) is 0 Å². The van der Waals surface area contributed by atoms with Gasteiger partial charge in [-0.3, -0.25) is 14.4 Å². The zero-order valence-corrected chi connectivity index (χ0v) is 14.3. The first-order valence-corrected chi connectivity index (χ1v) is 8.29. The molecule has 0 aliphatic rings. The summed E-state index contributed by atoms with van der Waals surface area (Å²) in [7, 11) is 0. The number of benzene rings is 1. The normalized spacial score (nSPS) is 11.4. The summed E-state index contributed by atoms with van der Waals surface area (Å²) in [6.07, 6.45) is -0.994. The Bertz CT molecular complexity index is 716. The maximum Gasteiger partial charge on any atom is 0.326 e. The molecule has 0 saturated carbocycles. The molecule has 2 rings (SSSR count). The van der Waals surface area contributed by atoms with Gasteiger partial charge in [-0.25, -0.2) is 0 Å². The largest absolute Gasteiger partial charge is 0.451 e. The monoisotopic (exact) mass is 366 g/mol. The Morgan fingerprint density at radius 1 is 1.21 bits per heavy atom. The number of carbonyl (C=O) groups is 3. The molecule has 1 aromatic heterocycles. The Morgan fingerprint density at radius 3 is 2.54 bits per heavy atom. The molecule has 126 valence electrons. The lowest BCUT2D eigenvalue weighted by Crippen LogP contribution is -2.35. The van der Waals surface area contributed by atoms with E-state index < -0.39 is 18.0 Å². The SMILES string of the molecule is C[C@@H](OC(=O)CNC(=O)c1cccs1)C(=O)Nc1ccc(Cl)cc1. The topological polar surface area (TPSA) is 84.5 Å². The van der Waals surface area contributed by atoms with Gasteiger partial charge in [-0.05, 0) is 42.6 Å². The van der Waals surface area contributed by atoms with E-state index in [4.69, 9.17) is 16.3 Å². The second kappa shape index (κ2) is 8.47. The van der Waals surface area contributed by atoms with Crippen LogP contribution in [0.15, 0.2) is 41.8 Å². The summed E-state index contributed by atoms with van der Waals surface area (Å²) >= 11 is 7.03. The van der Waals surface area contributed by atoms with Gasteiger partial charge in [0, 0.05) is 10.7 Å². The van der Waals surface area contributed by atoms with Crippen LogP contribution in [-0.2, 0) is 14.3 Å². The van der Waals surface area contributed by atoms with Crippen molar-refractivity contribution in [3.63, 3.8) is 0 Å². The summed E-state index contributed by atoms with van der Waals surface area (Å²) < 4.78 is 4.99. The highest BCUT2D eigenvalue weighted by atomic mass is 35.5. The van der Waals surface area contributed by atoms with Crippen molar-refractivity contribution in [3.05, 3.63) is 51.7 Å². The van der Waals surface area contributed by atoms with Crippen molar-refractivity contribution in [2.75, 3.05) is 11.9 Å². The molecular weight excluding hydrogens is 352 g/mol. The molecule has 1 heterocycles. The third-order valence-corrected chi connectivity index (χ3v) is 4.05. The maximum absolute atomic E-state index is 12.0. The molecule has 2 amide bonds. The molecule has 0 bridgehead atoms. The number of hydrogen-bond donors (Lipinski definition) is 2. The number of nitrogens with one attached hydrogen (secondary N) is 2. The van der Waals surface area contributed by atoms with Gasteiger partial charge in [-0.2, -0.15) is 0 Å². The van der Waals surface area contributed by atoms with Gasteiger partial charge in [0.1, 0.15) is 6.54 Å². The van der Waals surface area contributed by atoms with E-state index in [1.54, 1.807) is 41.8 Å². The maximum atomic E-state index is 12.0. The molecule has 1 aromatic carbocycles. The van der Waals surface area contributed by atoms with E-state index in [0.29, 0.717) is 15.6 Å². The molecule has 24 heavy (non-hydrogen) atoms. The summed E-state index contributed by atoms with van der Waals surface area (Å²) in [5.41, 5.74) is 0.540. The Labute approximate surface area is 147 Å². The van der Waals surface area contributed by atoms with Crippen LogP contribution in [0.4, 0.5) is 5.69 Å². The molecule has 0 aliphatic heterocycles. The van der Waals surface area contributed by atoms with Gasteiger partial charge in [-0.15, -0.1) is 11.3 Å². The second-order valence-electron chi connectivity index (χ2n) is 4.79. The van der Waals surface area contributed by atoms with E-state index >= 15 is 0 Å². The van der Waals surface area contributed by atoms with Crippen LogP contribution >= 0.6 is 22.9 Å². The first-order chi connectivity index (χ1) is 11.5. The molecule has 0 spiro atoms. The first-order valence-electron chi connectivity index (χ1n) is 7.03. The average Bonchev–Trinajstić information content (AvgIpc) is 3.09. The fourth-order valence-corrected chi connectivity index (χ4v) is 2.48. The Morgan fingerprint density at radius 2 is 1.92 bits per heavy atom. The number of carbonyl (C=O) groups excluding carboxylic acids is 3. The molecular formula is C16H15ClN2O4S. The van der Waals surface area contributed by atoms with Crippen LogP contribution < -0.4 is 10.6 Å². The Hall–Kier alpha value is -2.38. The number of thiophene rings is 1. The number of amides is 2. The predicted octanol–water partition coefficient (Wildman–Crippen LogP) is 2.70. The number of rotatable bonds is 6. The number of esters is 1. The van der Waals surface area contributed by atoms with Gasteiger partial charge in [0.2, 0.25) is 0 Å². The van der Waals surface area contributed by atoms with Crippen LogP contribution in [0.25, 0.3) is 0 Å². The highest BCUT2D eigenvalue weighted by Gasteiger charge is 2.18. The summed E-state index contributed by atoms with van der Waals surface area (Å²) in [6.45, 7) is 1.14. The van der Waals surface area contributed by atoms with Crippen molar-refractivity contribution < 1.29 is 19.1 Å². The van der Waals surface area contributed by atoms with Crippen molar-refractivity contribution >= 4 is 46.4 Å². The van der Waals surface area contributed by atoms with Crippen LogP contribution in [0.2, 0.25) is 5.02 Å². The molecule has 0 radical (unpaired) electrons. The van der Waals surface area contributed by atoms with Crippen LogP contribution in [0.1, 0.15) is 16.6 Å². The van der Waals surface area contributed by atoms with Gasteiger partial charge in [0.25, 0.3) is 11.8 Å². The van der Waals surface area contributed by atoms with Gasteiger partial charge in [-0.1, -0.05) is 17.7 Å². The molecule has 8 heteroatoms. The standard InChI is InChI=1S/C16H15ClN2O4S/c1-10(15(21)19-12-6-4-11(17)5-7-12)23-14(20)9-18-16(22)13-3-2-8-24-13/h2-8,10H,9H2,1H3,(H,18,22)(H,19,21)/t10-/m1/s1. The summed E-state index contributed by atoms with van der Waals surface area (Å²) in [4.78, 5) is 35.8. The minimum atomic E-state index is -0.994. The summed E-state index contributed by atoms with van der Waals surface area (Å²) in [5, 5.41) is 7.35. The van der Waals surface area contributed by atoms with E-state index in [2.05, 4.69) is 10.6 Å². The molecule has 0 unspecified atom stereocenters. The number of anilines is 1. The molecule has 1 atom stereocenters. The van der Waals surface area contributed by atoms with E-state index in [9.17, 15) is 14.4 Å². The number of hydrogen-bond acceptors (Lipinski definition) is 5. The fourth-order valence-electron chi connectivity index (χ4n) is 1.72. The number of ether oxygens (including phenoxy) is 1. The smallest absolute Gasteiger partial charge is 0.326 e. The van der Waals surface area contributed by atoms with E-state index in [1.165, 1.54) is 18.3 Å². The molecule has 6 nitrogen and oxygen atoms in total. The van der Waals surface area contributed by atoms with Crippen LogP contribution in [-0.4, -0.2) is 30.4 Å². The van der Waals surface area contributed by atoms with Crippen molar-refractivity contribution in [1.82, 2.24) is 5.32 Å². The van der Waals surface area contributed by atoms with Crippen molar-refractivity contribution in [2.24, 2.45) is 0 Å². The third kappa shape index (κ3) is 5.36. The zero-order chi connectivity index (χ0) is 17.5. The van der Waals surface area contributed by atoms with Gasteiger partial charge >= 0.3 is 5.97 Å². The minimum Gasteiger partial charge on any atom is -0.451 e. The lowest BCUT2D eigenvalue weighted by atomic mass is 10.3. The fraction of sp³-hybridized carbons (Fsp3) is 0.188. The molecule has 2 N–H and O–H groups in total. The lowest BCUT2D eigenvalue weighted by Gasteiger charge is -2.13. The van der Waals surface area contributed by atoms with E-state index in [0.717, 1.165) is 0 Å². The minimum absolute atomic E-state index is 0.310. The molecule has 2 aromatic rings. The van der Waals surface area contributed by atoms with Gasteiger partial charge in [0.05, 0.1) is 4.88 Å². The van der Waals surface area contributed by atoms with Crippen LogP contribution in [0.3, 0.4) is 0 Å². The average molecular weight is 367 g/mol. The van der Waals surface area contributed by atoms with Crippen molar-refractivity contribution in [2.45, 2.75) is 13.0 Å². The molecule has 0 fully saturated rings. The zero-order valence-electron chi connectivity index (χ0n) is 12.7. The predicted molar refractivity (Wildman–Crippen MR) is 92.3 cm³/mol. The van der Waals surface area contributed by atoms with Crippen LogP contribution in [0.5, 0.6) is 0 Å². The Balaban J connectivity index is 1.77. The summed E-state index contributed by atoms with van der Waals surface area (Å²) in [5.74, 6) is -1.53.